The van der Waals surface area contributed by atoms with Gasteiger partial charge in [-0.25, -0.2) is 0 Å². The van der Waals surface area contributed by atoms with Gasteiger partial charge in [0.25, 0.3) is 0 Å². The fraction of sp³-hybridized carbons (Fsp3) is 0.625. The average Bonchev–Trinajstić information content (AvgIpc) is 2.42. The van der Waals surface area contributed by atoms with E-state index in [2.05, 4.69) is 6.92 Å². The van der Waals surface area contributed by atoms with Crippen LogP contribution >= 0.6 is 0 Å². The van der Waals surface area contributed by atoms with Crippen molar-refractivity contribution in [3.05, 3.63) is 29.8 Å². The van der Waals surface area contributed by atoms with Crippen molar-refractivity contribution < 1.29 is 9.47 Å². The van der Waals surface area contributed by atoms with Gasteiger partial charge in [-0.2, -0.15) is 0 Å². The summed E-state index contributed by atoms with van der Waals surface area (Å²) >= 11 is 0. The number of hydrogen-bond acceptors (Lipinski definition) is 3. The lowest BCUT2D eigenvalue weighted by Gasteiger charge is -2.36. The molecule has 1 saturated carbocycles. The lowest BCUT2D eigenvalue weighted by Crippen LogP contribution is -2.41. The second-order valence-electron chi connectivity index (χ2n) is 5.94. The van der Waals surface area contributed by atoms with Crippen molar-refractivity contribution in [2.75, 3.05) is 6.61 Å². The molecule has 1 aliphatic heterocycles. The Morgan fingerprint density at radius 1 is 1.26 bits per heavy atom. The molecule has 0 saturated heterocycles. The van der Waals surface area contributed by atoms with Gasteiger partial charge in [-0.3, -0.25) is 0 Å². The molecule has 2 N–H and O–H groups in total. The Balaban J connectivity index is 1.67. The van der Waals surface area contributed by atoms with Crippen LogP contribution in [0.15, 0.2) is 24.3 Å². The second-order valence-corrected chi connectivity index (χ2v) is 5.94. The van der Waals surface area contributed by atoms with Crippen molar-refractivity contribution in [2.45, 2.75) is 50.9 Å². The zero-order valence-corrected chi connectivity index (χ0v) is 11.5. The minimum Gasteiger partial charge on any atom is -0.490 e. The fourth-order valence-corrected chi connectivity index (χ4v) is 3.24. The summed E-state index contributed by atoms with van der Waals surface area (Å²) < 4.78 is 12.0. The van der Waals surface area contributed by atoms with Crippen LogP contribution in [0, 0.1) is 5.92 Å². The molecule has 1 fully saturated rings. The summed E-state index contributed by atoms with van der Waals surface area (Å²) in [4.78, 5) is 0. The molecule has 1 aliphatic carbocycles. The monoisotopic (exact) mass is 261 g/mol. The van der Waals surface area contributed by atoms with Crippen molar-refractivity contribution in [3.63, 3.8) is 0 Å². The number of ether oxygens (including phenoxy) is 2. The molecule has 0 bridgehead atoms. The van der Waals surface area contributed by atoms with Crippen molar-refractivity contribution >= 4 is 0 Å². The van der Waals surface area contributed by atoms with Crippen LogP contribution in [0.2, 0.25) is 0 Å². The van der Waals surface area contributed by atoms with Crippen molar-refractivity contribution in [3.8, 4) is 5.75 Å². The fourth-order valence-electron chi connectivity index (χ4n) is 3.24. The predicted molar refractivity (Wildman–Crippen MR) is 75.2 cm³/mol. The van der Waals surface area contributed by atoms with E-state index < -0.39 is 0 Å². The Morgan fingerprint density at radius 2 is 2.11 bits per heavy atom. The van der Waals surface area contributed by atoms with E-state index >= 15 is 0 Å². The molecule has 0 amide bonds. The number of benzene rings is 1. The van der Waals surface area contributed by atoms with E-state index in [1.54, 1.807) is 0 Å². The smallest absolute Gasteiger partial charge is 0.124 e. The Labute approximate surface area is 115 Å². The van der Waals surface area contributed by atoms with Gasteiger partial charge in [0, 0.05) is 5.56 Å². The minimum absolute atomic E-state index is 0.00907. The highest BCUT2D eigenvalue weighted by atomic mass is 16.5. The van der Waals surface area contributed by atoms with Gasteiger partial charge < -0.3 is 15.2 Å². The largest absolute Gasteiger partial charge is 0.490 e. The summed E-state index contributed by atoms with van der Waals surface area (Å²) in [5.74, 6) is 1.68. The molecule has 104 valence electrons. The predicted octanol–water partition coefficient (Wildman–Crippen LogP) is 3.04. The first-order valence-electron chi connectivity index (χ1n) is 7.37. The Morgan fingerprint density at radius 3 is 2.95 bits per heavy atom. The van der Waals surface area contributed by atoms with Gasteiger partial charge in [-0.1, -0.05) is 38.0 Å². The summed E-state index contributed by atoms with van der Waals surface area (Å²) in [6, 6.07) is 7.94. The maximum Gasteiger partial charge on any atom is 0.124 e. The lowest BCUT2D eigenvalue weighted by atomic mass is 9.88. The van der Waals surface area contributed by atoms with Gasteiger partial charge >= 0.3 is 0 Å². The number of fused-ring (bicyclic) bond motifs is 1. The van der Waals surface area contributed by atoms with Gasteiger partial charge in [-0.05, 0) is 24.8 Å². The SMILES string of the molecule is CC1CCCC(OC2COc3ccccc3C2N)C1. The van der Waals surface area contributed by atoms with Crippen LogP contribution in [0.25, 0.3) is 0 Å². The second kappa shape index (κ2) is 5.51. The quantitative estimate of drug-likeness (QED) is 0.890. The molecule has 2 aliphatic rings. The van der Waals surface area contributed by atoms with Crippen LogP contribution in [-0.2, 0) is 4.74 Å². The molecule has 0 aromatic heterocycles. The minimum atomic E-state index is -0.0674. The highest BCUT2D eigenvalue weighted by Gasteiger charge is 2.31. The topological polar surface area (TPSA) is 44.5 Å². The maximum atomic E-state index is 6.34. The highest BCUT2D eigenvalue weighted by molar-refractivity contribution is 5.38. The summed E-state index contributed by atoms with van der Waals surface area (Å²) in [7, 11) is 0. The molecule has 3 rings (SSSR count). The van der Waals surface area contributed by atoms with Crippen molar-refractivity contribution in [2.24, 2.45) is 11.7 Å². The van der Waals surface area contributed by atoms with Gasteiger partial charge in [0.15, 0.2) is 0 Å². The first-order chi connectivity index (χ1) is 9.24. The summed E-state index contributed by atoms with van der Waals surface area (Å²) in [6.45, 7) is 2.88. The molecule has 4 atom stereocenters. The van der Waals surface area contributed by atoms with Crippen LogP contribution in [-0.4, -0.2) is 18.8 Å². The maximum absolute atomic E-state index is 6.34. The summed E-state index contributed by atoms with van der Waals surface area (Å²) in [5, 5.41) is 0. The highest BCUT2D eigenvalue weighted by Crippen LogP contribution is 2.34. The molecule has 0 radical (unpaired) electrons. The van der Waals surface area contributed by atoms with E-state index in [1.807, 2.05) is 24.3 Å². The summed E-state index contributed by atoms with van der Waals surface area (Å²) in [5.41, 5.74) is 7.41. The number of rotatable bonds is 2. The van der Waals surface area contributed by atoms with Crippen LogP contribution in [0.5, 0.6) is 5.75 Å². The molecular formula is C16H23NO2. The first kappa shape index (κ1) is 12.9. The van der Waals surface area contributed by atoms with E-state index in [9.17, 15) is 0 Å². The number of nitrogens with two attached hydrogens (primary N) is 1. The molecular weight excluding hydrogens is 238 g/mol. The van der Waals surface area contributed by atoms with Gasteiger partial charge in [0.05, 0.1) is 12.1 Å². The molecule has 3 heteroatoms. The molecule has 19 heavy (non-hydrogen) atoms. The van der Waals surface area contributed by atoms with E-state index in [1.165, 1.54) is 12.8 Å². The lowest BCUT2D eigenvalue weighted by molar-refractivity contribution is -0.0733. The normalized spacial score (nSPS) is 34.4. The van der Waals surface area contributed by atoms with E-state index in [-0.39, 0.29) is 12.1 Å². The van der Waals surface area contributed by atoms with Gasteiger partial charge in [0.1, 0.15) is 18.5 Å². The zero-order valence-electron chi connectivity index (χ0n) is 11.5. The van der Waals surface area contributed by atoms with Gasteiger partial charge in [0.2, 0.25) is 0 Å². The number of hydrogen-bond donors (Lipinski definition) is 1. The van der Waals surface area contributed by atoms with Crippen molar-refractivity contribution in [1.29, 1.82) is 0 Å². The zero-order chi connectivity index (χ0) is 13.2. The third-order valence-electron chi connectivity index (χ3n) is 4.34. The van der Waals surface area contributed by atoms with Crippen LogP contribution in [0.1, 0.15) is 44.2 Å². The average molecular weight is 261 g/mol. The molecule has 3 nitrogen and oxygen atoms in total. The van der Waals surface area contributed by atoms with Crippen LogP contribution in [0.4, 0.5) is 0 Å². The van der Waals surface area contributed by atoms with E-state index in [4.69, 9.17) is 15.2 Å². The molecule has 0 spiro atoms. The third-order valence-corrected chi connectivity index (χ3v) is 4.34. The number of para-hydroxylation sites is 1. The first-order valence-corrected chi connectivity index (χ1v) is 7.37. The standard InChI is InChI=1S/C16H23NO2/c1-11-5-4-6-12(9-11)19-15-10-18-14-8-3-2-7-13(14)16(15)17/h2-3,7-8,11-12,15-16H,4-6,9-10,17H2,1H3. The summed E-state index contributed by atoms with van der Waals surface area (Å²) in [6.07, 6.45) is 5.26. The van der Waals surface area contributed by atoms with Crippen LogP contribution < -0.4 is 10.5 Å². The third kappa shape index (κ3) is 2.77. The molecule has 1 heterocycles. The van der Waals surface area contributed by atoms with E-state index in [0.29, 0.717) is 12.7 Å². The van der Waals surface area contributed by atoms with Crippen molar-refractivity contribution in [1.82, 2.24) is 0 Å². The van der Waals surface area contributed by atoms with E-state index in [0.717, 1.165) is 30.1 Å². The molecule has 4 unspecified atom stereocenters. The van der Waals surface area contributed by atoms with Gasteiger partial charge in [-0.15, -0.1) is 0 Å². The Hall–Kier alpha value is -1.06. The molecule has 1 aromatic carbocycles. The Kier molecular flexibility index (Phi) is 3.76. The Bertz CT molecular complexity index is 435. The van der Waals surface area contributed by atoms with Crippen LogP contribution in [0.3, 0.4) is 0 Å². The molecule has 1 aromatic rings.